The molecule has 2 atom stereocenters. The molecule has 1 aromatic carbocycles. The van der Waals surface area contributed by atoms with Gasteiger partial charge in [-0.3, -0.25) is 14.7 Å². The number of halogens is 1. The molecule has 2 unspecified atom stereocenters. The number of rotatable bonds is 7. The van der Waals surface area contributed by atoms with Crippen LogP contribution in [0.25, 0.3) is 0 Å². The fourth-order valence-corrected chi connectivity index (χ4v) is 4.53. The van der Waals surface area contributed by atoms with E-state index in [0.29, 0.717) is 6.54 Å². The number of amides is 1. The van der Waals surface area contributed by atoms with Gasteiger partial charge in [-0.05, 0) is 58.5 Å². The summed E-state index contributed by atoms with van der Waals surface area (Å²) in [4.78, 5) is 26.4. The van der Waals surface area contributed by atoms with Gasteiger partial charge in [-0.2, -0.15) is 0 Å². The normalized spacial score (nSPS) is 20.0. The molecule has 8 heteroatoms. The molecule has 1 aromatic rings. The lowest BCUT2D eigenvalue weighted by Crippen LogP contribution is -2.57. The second kappa shape index (κ2) is 11.6. The molecule has 2 fully saturated rings. The fraction of sp³-hybridized carbons (Fsp3) is 0.667. The van der Waals surface area contributed by atoms with Gasteiger partial charge < -0.3 is 20.0 Å². The van der Waals surface area contributed by atoms with E-state index in [4.69, 9.17) is 4.99 Å². The summed E-state index contributed by atoms with van der Waals surface area (Å²) in [5.74, 6) is 0.947. The van der Waals surface area contributed by atoms with E-state index in [1.807, 2.05) is 38.1 Å². The molecule has 2 saturated heterocycles. The van der Waals surface area contributed by atoms with Crippen molar-refractivity contribution in [3.05, 3.63) is 35.6 Å². The van der Waals surface area contributed by atoms with E-state index >= 15 is 0 Å². The van der Waals surface area contributed by atoms with Crippen LogP contribution in [0.3, 0.4) is 0 Å². The number of likely N-dealkylation sites (tertiary alicyclic amines) is 1. The maximum atomic E-state index is 13.3. The molecule has 0 saturated carbocycles. The molecule has 3 rings (SSSR count). The lowest BCUT2D eigenvalue weighted by atomic mass is 10.1. The highest BCUT2D eigenvalue weighted by Gasteiger charge is 2.30. The van der Waals surface area contributed by atoms with Crippen LogP contribution in [0, 0.1) is 5.82 Å². The van der Waals surface area contributed by atoms with Crippen LogP contribution in [-0.4, -0.2) is 104 Å². The number of hydrogen-bond donors (Lipinski definition) is 1. The van der Waals surface area contributed by atoms with Gasteiger partial charge in [0, 0.05) is 45.8 Å². The summed E-state index contributed by atoms with van der Waals surface area (Å²) in [5.41, 5.74) is 1.05. The van der Waals surface area contributed by atoms with Crippen LogP contribution < -0.4 is 5.32 Å². The first-order valence-corrected chi connectivity index (χ1v) is 11.9. The Bertz CT molecular complexity index is 754. The maximum absolute atomic E-state index is 13.3. The SMILES string of the molecule is CCNC(=NCC(c1ccc(F)cc1)N(C)C)N1CCN(C(C)C(=O)N2CCCC2)CC1. The van der Waals surface area contributed by atoms with Crippen molar-refractivity contribution in [3.63, 3.8) is 0 Å². The molecule has 32 heavy (non-hydrogen) atoms. The maximum Gasteiger partial charge on any atom is 0.239 e. The zero-order valence-electron chi connectivity index (χ0n) is 20.1. The van der Waals surface area contributed by atoms with Crippen LogP contribution in [0.1, 0.15) is 38.3 Å². The molecule has 0 radical (unpaired) electrons. The summed E-state index contributed by atoms with van der Waals surface area (Å²) in [6.45, 7) is 10.7. The Morgan fingerprint density at radius 2 is 1.69 bits per heavy atom. The van der Waals surface area contributed by atoms with Crippen LogP contribution in [0.4, 0.5) is 4.39 Å². The second-order valence-electron chi connectivity index (χ2n) is 8.96. The minimum Gasteiger partial charge on any atom is -0.357 e. The highest BCUT2D eigenvalue weighted by molar-refractivity contribution is 5.82. The Hall–Kier alpha value is -2.19. The van der Waals surface area contributed by atoms with E-state index in [0.717, 1.165) is 70.2 Å². The van der Waals surface area contributed by atoms with Crippen molar-refractivity contribution in [2.24, 2.45) is 4.99 Å². The smallest absolute Gasteiger partial charge is 0.239 e. The van der Waals surface area contributed by atoms with Crippen molar-refractivity contribution in [1.29, 1.82) is 0 Å². The Morgan fingerprint density at radius 1 is 1.06 bits per heavy atom. The minimum absolute atomic E-state index is 0.0635. The number of likely N-dealkylation sites (N-methyl/N-ethyl adjacent to an activating group) is 1. The summed E-state index contributed by atoms with van der Waals surface area (Å²) in [6.07, 6.45) is 2.25. The third-order valence-corrected chi connectivity index (χ3v) is 6.56. The average molecular weight is 447 g/mol. The Kier molecular flexibility index (Phi) is 8.87. The molecule has 178 valence electrons. The molecule has 2 aliphatic rings. The van der Waals surface area contributed by atoms with Gasteiger partial charge in [0.25, 0.3) is 0 Å². The van der Waals surface area contributed by atoms with E-state index in [1.165, 1.54) is 12.1 Å². The number of aliphatic imine (C=N–C) groups is 1. The minimum atomic E-state index is -0.224. The number of carbonyl (C=O) groups excluding carboxylic acids is 1. The number of nitrogens with zero attached hydrogens (tertiary/aromatic N) is 5. The molecular weight excluding hydrogens is 407 g/mol. The summed E-state index contributed by atoms with van der Waals surface area (Å²) in [7, 11) is 4.04. The molecule has 2 aliphatic heterocycles. The third-order valence-electron chi connectivity index (χ3n) is 6.56. The molecule has 0 spiro atoms. The third kappa shape index (κ3) is 6.19. The quantitative estimate of drug-likeness (QED) is 0.513. The van der Waals surface area contributed by atoms with Gasteiger partial charge in [0.1, 0.15) is 5.82 Å². The van der Waals surface area contributed by atoms with E-state index < -0.39 is 0 Å². The topological polar surface area (TPSA) is 54.4 Å². The summed E-state index contributed by atoms with van der Waals surface area (Å²) < 4.78 is 13.3. The highest BCUT2D eigenvalue weighted by Crippen LogP contribution is 2.19. The van der Waals surface area contributed by atoms with Crippen LogP contribution in [-0.2, 0) is 4.79 Å². The van der Waals surface area contributed by atoms with Crippen molar-refractivity contribution < 1.29 is 9.18 Å². The van der Waals surface area contributed by atoms with E-state index in [-0.39, 0.29) is 23.8 Å². The fourth-order valence-electron chi connectivity index (χ4n) is 4.53. The number of benzene rings is 1. The predicted molar refractivity (Wildman–Crippen MR) is 127 cm³/mol. The van der Waals surface area contributed by atoms with Crippen molar-refractivity contribution >= 4 is 11.9 Å². The van der Waals surface area contributed by atoms with Crippen molar-refractivity contribution in [3.8, 4) is 0 Å². The van der Waals surface area contributed by atoms with Gasteiger partial charge in [0.05, 0.1) is 18.6 Å². The lowest BCUT2D eigenvalue weighted by Gasteiger charge is -2.39. The summed E-state index contributed by atoms with van der Waals surface area (Å²) >= 11 is 0. The molecule has 1 N–H and O–H groups in total. The average Bonchev–Trinajstić information content (AvgIpc) is 3.33. The summed E-state index contributed by atoms with van der Waals surface area (Å²) in [6, 6.07) is 6.69. The lowest BCUT2D eigenvalue weighted by molar-refractivity contribution is -0.135. The van der Waals surface area contributed by atoms with Crippen molar-refractivity contribution in [2.75, 3.05) is 66.5 Å². The first-order chi connectivity index (χ1) is 15.4. The number of nitrogens with one attached hydrogen (secondary N) is 1. The van der Waals surface area contributed by atoms with E-state index in [9.17, 15) is 9.18 Å². The molecule has 0 aromatic heterocycles. The largest absolute Gasteiger partial charge is 0.357 e. The number of hydrogen-bond acceptors (Lipinski definition) is 4. The van der Waals surface area contributed by atoms with Crippen molar-refractivity contribution in [1.82, 2.24) is 24.9 Å². The first kappa shape index (κ1) is 24.5. The van der Waals surface area contributed by atoms with Crippen LogP contribution in [0.5, 0.6) is 0 Å². The van der Waals surface area contributed by atoms with Crippen LogP contribution in [0.2, 0.25) is 0 Å². The molecule has 7 nitrogen and oxygen atoms in total. The first-order valence-electron chi connectivity index (χ1n) is 11.9. The zero-order valence-corrected chi connectivity index (χ0v) is 20.1. The Morgan fingerprint density at radius 3 is 2.25 bits per heavy atom. The second-order valence-corrected chi connectivity index (χ2v) is 8.96. The van der Waals surface area contributed by atoms with Gasteiger partial charge in [-0.15, -0.1) is 0 Å². The van der Waals surface area contributed by atoms with Gasteiger partial charge in [0.2, 0.25) is 5.91 Å². The van der Waals surface area contributed by atoms with Gasteiger partial charge in [-0.25, -0.2) is 4.39 Å². The summed E-state index contributed by atoms with van der Waals surface area (Å²) in [5, 5.41) is 3.42. The van der Waals surface area contributed by atoms with E-state index in [1.54, 1.807) is 0 Å². The number of carbonyl (C=O) groups is 1. The van der Waals surface area contributed by atoms with E-state index in [2.05, 4.69) is 26.9 Å². The number of guanidine groups is 1. The van der Waals surface area contributed by atoms with Gasteiger partial charge >= 0.3 is 0 Å². The zero-order chi connectivity index (χ0) is 23.1. The standard InChI is InChI=1S/C24H39FN6O/c1-5-26-24(27-18-22(28(3)4)20-8-10-21(25)11-9-20)31-16-14-29(15-17-31)19(2)23(32)30-12-6-7-13-30/h8-11,19,22H,5-7,12-18H2,1-4H3,(H,26,27). The van der Waals surface area contributed by atoms with Crippen LogP contribution >= 0.6 is 0 Å². The molecule has 1 amide bonds. The molecular formula is C24H39FN6O. The monoisotopic (exact) mass is 446 g/mol. The highest BCUT2D eigenvalue weighted by atomic mass is 19.1. The molecule has 0 bridgehead atoms. The molecule has 0 aliphatic carbocycles. The van der Waals surface area contributed by atoms with Crippen LogP contribution in [0.15, 0.2) is 29.3 Å². The Labute approximate surface area is 192 Å². The predicted octanol–water partition coefficient (Wildman–Crippen LogP) is 2.02. The van der Waals surface area contributed by atoms with Gasteiger partial charge in [-0.1, -0.05) is 12.1 Å². The van der Waals surface area contributed by atoms with Crippen molar-refractivity contribution in [2.45, 2.75) is 38.8 Å². The molecule has 2 heterocycles. The Balaban J connectivity index is 1.61. The van der Waals surface area contributed by atoms with Gasteiger partial charge in [0.15, 0.2) is 5.96 Å². The number of piperazine rings is 1.